The van der Waals surface area contributed by atoms with Crippen molar-refractivity contribution in [1.29, 1.82) is 0 Å². The van der Waals surface area contributed by atoms with Gasteiger partial charge in [-0.2, -0.15) is 0 Å². The lowest BCUT2D eigenvalue weighted by Crippen LogP contribution is -2.03. The van der Waals surface area contributed by atoms with Gasteiger partial charge in [0, 0.05) is 11.8 Å². The number of anilines is 1. The van der Waals surface area contributed by atoms with Crippen LogP contribution < -0.4 is 5.73 Å². The van der Waals surface area contributed by atoms with Gasteiger partial charge < -0.3 is 10.5 Å². The van der Waals surface area contributed by atoms with Crippen LogP contribution in [0.3, 0.4) is 0 Å². The summed E-state index contributed by atoms with van der Waals surface area (Å²) >= 11 is 0. The Balaban J connectivity index is 2.29. The number of nitrogens with two attached hydrogens (primary N) is 1. The molecule has 3 heteroatoms. The molecular weight excluding hydrogens is 226 g/mol. The van der Waals surface area contributed by atoms with Crippen LogP contribution in [0.1, 0.15) is 32.3 Å². The van der Waals surface area contributed by atoms with Gasteiger partial charge in [0.05, 0.1) is 6.61 Å². The van der Waals surface area contributed by atoms with E-state index in [2.05, 4.69) is 13.8 Å². The number of rotatable bonds is 6. The number of carbonyl (C=O) groups is 1. The fraction of sp³-hybridized carbons (Fsp3) is 0.400. The van der Waals surface area contributed by atoms with E-state index in [1.54, 1.807) is 18.2 Å². The number of hydrogen-bond acceptors (Lipinski definition) is 3. The van der Waals surface area contributed by atoms with Crippen molar-refractivity contribution in [1.82, 2.24) is 0 Å². The molecule has 0 aromatic heterocycles. The average Bonchev–Trinajstić information content (AvgIpc) is 2.34. The second kappa shape index (κ2) is 7.54. The molecule has 2 N–H and O–H groups in total. The Labute approximate surface area is 109 Å². The van der Waals surface area contributed by atoms with E-state index in [1.807, 2.05) is 12.1 Å². The number of hydrogen-bond donors (Lipinski definition) is 1. The van der Waals surface area contributed by atoms with E-state index in [1.165, 1.54) is 6.08 Å². The molecule has 0 fully saturated rings. The lowest BCUT2D eigenvalue weighted by atomic mass is 10.1. The van der Waals surface area contributed by atoms with E-state index >= 15 is 0 Å². The summed E-state index contributed by atoms with van der Waals surface area (Å²) in [6, 6.07) is 7.32. The fourth-order valence-corrected chi connectivity index (χ4v) is 1.48. The van der Waals surface area contributed by atoms with Gasteiger partial charge in [0.15, 0.2) is 0 Å². The molecule has 0 heterocycles. The molecule has 0 bridgehead atoms. The minimum Gasteiger partial charge on any atom is -0.463 e. The Kier molecular flexibility index (Phi) is 5.98. The molecule has 3 nitrogen and oxygen atoms in total. The highest BCUT2D eigenvalue weighted by molar-refractivity contribution is 5.87. The number of ether oxygens (including phenoxy) is 1. The molecule has 0 atom stereocenters. The first-order valence-corrected chi connectivity index (χ1v) is 6.28. The predicted octanol–water partition coefficient (Wildman–Crippen LogP) is 3.26. The summed E-state index contributed by atoms with van der Waals surface area (Å²) in [7, 11) is 0. The van der Waals surface area contributed by atoms with Crippen molar-refractivity contribution in [3.63, 3.8) is 0 Å². The first-order valence-electron chi connectivity index (χ1n) is 6.28. The molecule has 0 radical (unpaired) electrons. The number of nitrogen functional groups attached to an aromatic ring is 1. The molecule has 0 aliphatic carbocycles. The molecule has 0 saturated heterocycles. The molecule has 0 unspecified atom stereocenters. The SMILES string of the molecule is CC(C)CCCOC(=O)/C=C/c1ccc(N)cc1. The maximum absolute atomic E-state index is 11.4. The highest BCUT2D eigenvalue weighted by atomic mass is 16.5. The minimum atomic E-state index is -0.296. The van der Waals surface area contributed by atoms with Gasteiger partial charge in [-0.05, 0) is 42.5 Å². The van der Waals surface area contributed by atoms with E-state index in [9.17, 15) is 4.79 Å². The molecule has 0 amide bonds. The Hall–Kier alpha value is -1.77. The summed E-state index contributed by atoms with van der Waals surface area (Å²) in [5.74, 6) is 0.351. The molecule has 1 rings (SSSR count). The van der Waals surface area contributed by atoms with Crippen molar-refractivity contribution >= 4 is 17.7 Å². The first kappa shape index (κ1) is 14.3. The summed E-state index contributed by atoms with van der Waals surface area (Å²) in [4.78, 5) is 11.4. The Bertz CT molecular complexity index is 393. The number of benzene rings is 1. The Morgan fingerprint density at radius 2 is 2.00 bits per heavy atom. The number of esters is 1. The molecule has 0 aliphatic heterocycles. The third-order valence-electron chi connectivity index (χ3n) is 2.52. The van der Waals surface area contributed by atoms with E-state index in [-0.39, 0.29) is 5.97 Å². The third-order valence-corrected chi connectivity index (χ3v) is 2.52. The normalized spacial score (nSPS) is 11.1. The Morgan fingerprint density at radius 3 is 2.61 bits per heavy atom. The molecule has 1 aromatic rings. The van der Waals surface area contributed by atoms with Crippen LogP contribution in [0.25, 0.3) is 6.08 Å². The minimum absolute atomic E-state index is 0.296. The van der Waals surface area contributed by atoms with Crippen LogP contribution in [0.15, 0.2) is 30.3 Å². The van der Waals surface area contributed by atoms with Crippen LogP contribution in [-0.4, -0.2) is 12.6 Å². The van der Waals surface area contributed by atoms with E-state index in [4.69, 9.17) is 10.5 Å². The van der Waals surface area contributed by atoms with Crippen molar-refractivity contribution in [3.05, 3.63) is 35.9 Å². The van der Waals surface area contributed by atoms with Gasteiger partial charge in [-0.25, -0.2) is 4.79 Å². The van der Waals surface area contributed by atoms with Crippen molar-refractivity contribution in [3.8, 4) is 0 Å². The molecule has 0 aliphatic rings. The fourth-order valence-electron chi connectivity index (χ4n) is 1.48. The van der Waals surface area contributed by atoms with Gasteiger partial charge in [0.1, 0.15) is 0 Å². The van der Waals surface area contributed by atoms with Crippen LogP contribution in [0.4, 0.5) is 5.69 Å². The quantitative estimate of drug-likeness (QED) is 0.363. The van der Waals surface area contributed by atoms with Gasteiger partial charge >= 0.3 is 5.97 Å². The van der Waals surface area contributed by atoms with Crippen LogP contribution >= 0.6 is 0 Å². The van der Waals surface area contributed by atoms with Crippen LogP contribution in [0.2, 0.25) is 0 Å². The van der Waals surface area contributed by atoms with Gasteiger partial charge in [-0.1, -0.05) is 26.0 Å². The van der Waals surface area contributed by atoms with Crippen molar-refractivity contribution in [2.75, 3.05) is 12.3 Å². The lowest BCUT2D eigenvalue weighted by Gasteiger charge is -2.04. The summed E-state index contributed by atoms with van der Waals surface area (Å²) in [5.41, 5.74) is 7.22. The molecule has 1 aromatic carbocycles. The zero-order valence-electron chi connectivity index (χ0n) is 11.1. The molecular formula is C15H21NO2. The Morgan fingerprint density at radius 1 is 1.33 bits per heavy atom. The average molecular weight is 247 g/mol. The second-order valence-corrected chi connectivity index (χ2v) is 4.70. The van der Waals surface area contributed by atoms with E-state index in [0.29, 0.717) is 18.2 Å². The third kappa shape index (κ3) is 6.09. The van der Waals surface area contributed by atoms with Gasteiger partial charge in [0.2, 0.25) is 0 Å². The number of carbonyl (C=O) groups excluding carboxylic acids is 1. The van der Waals surface area contributed by atoms with Gasteiger partial charge in [0.25, 0.3) is 0 Å². The highest BCUT2D eigenvalue weighted by Gasteiger charge is 1.98. The maximum atomic E-state index is 11.4. The standard InChI is InChI=1S/C15H21NO2/c1-12(2)4-3-11-18-15(17)10-7-13-5-8-14(16)9-6-13/h5-10,12H,3-4,11,16H2,1-2H3/b10-7+. The largest absolute Gasteiger partial charge is 0.463 e. The van der Waals surface area contributed by atoms with Gasteiger partial charge in [-0.15, -0.1) is 0 Å². The van der Waals surface area contributed by atoms with Crippen molar-refractivity contribution in [2.24, 2.45) is 5.92 Å². The monoisotopic (exact) mass is 247 g/mol. The zero-order valence-corrected chi connectivity index (χ0v) is 11.1. The molecule has 0 spiro atoms. The van der Waals surface area contributed by atoms with Crippen LogP contribution in [-0.2, 0) is 9.53 Å². The molecule has 98 valence electrons. The second-order valence-electron chi connectivity index (χ2n) is 4.70. The van der Waals surface area contributed by atoms with E-state index < -0.39 is 0 Å². The lowest BCUT2D eigenvalue weighted by molar-refractivity contribution is -0.137. The smallest absolute Gasteiger partial charge is 0.330 e. The predicted molar refractivity (Wildman–Crippen MR) is 74.9 cm³/mol. The summed E-state index contributed by atoms with van der Waals surface area (Å²) < 4.78 is 5.09. The molecule has 0 saturated carbocycles. The zero-order chi connectivity index (χ0) is 13.4. The van der Waals surface area contributed by atoms with Crippen LogP contribution in [0.5, 0.6) is 0 Å². The van der Waals surface area contributed by atoms with Crippen molar-refractivity contribution < 1.29 is 9.53 Å². The van der Waals surface area contributed by atoms with Crippen LogP contribution in [0, 0.1) is 5.92 Å². The molecule has 18 heavy (non-hydrogen) atoms. The summed E-state index contributed by atoms with van der Waals surface area (Å²) in [6.45, 7) is 4.80. The van der Waals surface area contributed by atoms with E-state index in [0.717, 1.165) is 18.4 Å². The highest BCUT2D eigenvalue weighted by Crippen LogP contribution is 2.07. The summed E-state index contributed by atoms with van der Waals surface area (Å²) in [6.07, 6.45) is 5.17. The topological polar surface area (TPSA) is 52.3 Å². The van der Waals surface area contributed by atoms with Crippen molar-refractivity contribution in [2.45, 2.75) is 26.7 Å². The summed E-state index contributed by atoms with van der Waals surface area (Å²) in [5, 5.41) is 0. The first-order chi connectivity index (χ1) is 8.58. The maximum Gasteiger partial charge on any atom is 0.330 e. The van der Waals surface area contributed by atoms with Gasteiger partial charge in [-0.3, -0.25) is 0 Å².